The van der Waals surface area contributed by atoms with Gasteiger partial charge in [0.25, 0.3) is 0 Å². The van der Waals surface area contributed by atoms with E-state index < -0.39 is 0 Å². The van der Waals surface area contributed by atoms with Gasteiger partial charge in [0, 0.05) is 18.6 Å². The zero-order valence-electron chi connectivity index (χ0n) is 10.4. The van der Waals surface area contributed by atoms with E-state index in [4.69, 9.17) is 11.6 Å². The first-order chi connectivity index (χ1) is 8.13. The fourth-order valence-corrected chi connectivity index (χ4v) is 1.79. The lowest BCUT2D eigenvalue weighted by molar-refractivity contribution is -0.129. The monoisotopic (exact) mass is 254 g/mol. The van der Waals surface area contributed by atoms with Crippen LogP contribution in [0.4, 0.5) is 0 Å². The van der Waals surface area contributed by atoms with Crippen LogP contribution in [0.2, 0.25) is 5.02 Å². The molecular weight excluding hydrogens is 236 g/mol. The molecule has 4 heteroatoms. The number of hydrogen-bond donors (Lipinski definition) is 1. The Hall–Kier alpha value is -1.06. The minimum atomic E-state index is 0.128. The molecule has 3 nitrogen and oxygen atoms in total. The molecule has 0 radical (unpaired) electrons. The van der Waals surface area contributed by atoms with Gasteiger partial charge in [0.2, 0.25) is 5.91 Å². The molecule has 1 amide bonds. The topological polar surface area (TPSA) is 32.3 Å². The lowest BCUT2D eigenvalue weighted by Gasteiger charge is -2.17. The SMILES string of the molecule is CNCCCN(C)C(=O)Cc1cccc(Cl)c1. The van der Waals surface area contributed by atoms with Crippen molar-refractivity contribution in [3.05, 3.63) is 34.9 Å². The Labute approximate surface area is 108 Å². The summed E-state index contributed by atoms with van der Waals surface area (Å²) in [4.78, 5) is 13.6. The minimum Gasteiger partial charge on any atom is -0.345 e. The highest BCUT2D eigenvalue weighted by Crippen LogP contribution is 2.11. The molecule has 0 heterocycles. The molecule has 17 heavy (non-hydrogen) atoms. The highest BCUT2D eigenvalue weighted by Gasteiger charge is 2.09. The second-order valence-corrected chi connectivity index (χ2v) is 4.52. The number of hydrogen-bond acceptors (Lipinski definition) is 2. The van der Waals surface area contributed by atoms with Crippen LogP contribution in [0.1, 0.15) is 12.0 Å². The predicted molar refractivity (Wildman–Crippen MR) is 71.3 cm³/mol. The highest BCUT2D eigenvalue weighted by atomic mass is 35.5. The summed E-state index contributed by atoms with van der Waals surface area (Å²) in [5, 5.41) is 3.74. The van der Waals surface area contributed by atoms with Gasteiger partial charge >= 0.3 is 0 Å². The van der Waals surface area contributed by atoms with Crippen molar-refractivity contribution in [1.82, 2.24) is 10.2 Å². The van der Waals surface area contributed by atoms with Gasteiger partial charge in [0.05, 0.1) is 6.42 Å². The molecule has 0 fully saturated rings. The van der Waals surface area contributed by atoms with E-state index >= 15 is 0 Å². The lowest BCUT2D eigenvalue weighted by Crippen LogP contribution is -2.30. The third-order valence-electron chi connectivity index (χ3n) is 2.59. The molecule has 0 unspecified atom stereocenters. The smallest absolute Gasteiger partial charge is 0.226 e. The molecule has 0 aliphatic heterocycles. The first-order valence-corrected chi connectivity index (χ1v) is 6.14. The molecule has 0 saturated carbocycles. The third-order valence-corrected chi connectivity index (χ3v) is 2.83. The summed E-state index contributed by atoms with van der Waals surface area (Å²) in [5.41, 5.74) is 0.961. The van der Waals surface area contributed by atoms with Crippen molar-refractivity contribution < 1.29 is 4.79 Å². The summed E-state index contributed by atoms with van der Waals surface area (Å²) in [6, 6.07) is 7.43. The van der Waals surface area contributed by atoms with E-state index in [-0.39, 0.29) is 5.91 Å². The van der Waals surface area contributed by atoms with Gasteiger partial charge in [-0.05, 0) is 37.7 Å². The van der Waals surface area contributed by atoms with Crippen LogP contribution in [0.5, 0.6) is 0 Å². The first kappa shape index (κ1) is 14.0. The van der Waals surface area contributed by atoms with Crippen LogP contribution in [0, 0.1) is 0 Å². The molecule has 0 saturated heterocycles. The molecule has 1 aromatic carbocycles. The number of likely N-dealkylation sites (N-methyl/N-ethyl adjacent to an activating group) is 1. The molecular formula is C13H19ClN2O. The first-order valence-electron chi connectivity index (χ1n) is 5.76. The molecule has 0 aliphatic carbocycles. The molecule has 1 rings (SSSR count). The normalized spacial score (nSPS) is 10.3. The van der Waals surface area contributed by atoms with Crippen molar-refractivity contribution in [2.75, 3.05) is 27.2 Å². The Morgan fingerprint density at radius 2 is 2.24 bits per heavy atom. The van der Waals surface area contributed by atoms with E-state index in [1.165, 1.54) is 0 Å². The van der Waals surface area contributed by atoms with E-state index in [2.05, 4.69) is 5.32 Å². The predicted octanol–water partition coefficient (Wildman–Crippen LogP) is 1.95. The number of rotatable bonds is 6. The Balaban J connectivity index is 2.43. The van der Waals surface area contributed by atoms with Crippen LogP contribution >= 0.6 is 11.6 Å². The Morgan fingerprint density at radius 1 is 1.47 bits per heavy atom. The van der Waals surface area contributed by atoms with E-state index in [1.54, 1.807) is 4.90 Å². The van der Waals surface area contributed by atoms with E-state index in [0.29, 0.717) is 11.4 Å². The van der Waals surface area contributed by atoms with Crippen LogP contribution < -0.4 is 5.32 Å². The Kier molecular flexibility index (Phi) is 6.01. The summed E-state index contributed by atoms with van der Waals surface area (Å²) in [6.45, 7) is 1.70. The quantitative estimate of drug-likeness (QED) is 0.787. The molecule has 0 aliphatic rings. The van der Waals surface area contributed by atoms with Gasteiger partial charge in [-0.25, -0.2) is 0 Å². The average Bonchev–Trinajstić information content (AvgIpc) is 2.29. The summed E-state index contributed by atoms with van der Waals surface area (Å²) in [5.74, 6) is 0.128. The van der Waals surface area contributed by atoms with Crippen LogP contribution in [-0.4, -0.2) is 38.0 Å². The molecule has 94 valence electrons. The van der Waals surface area contributed by atoms with Gasteiger partial charge in [-0.2, -0.15) is 0 Å². The maximum absolute atomic E-state index is 11.9. The van der Waals surface area contributed by atoms with E-state index in [0.717, 1.165) is 25.1 Å². The zero-order chi connectivity index (χ0) is 12.7. The summed E-state index contributed by atoms with van der Waals surface area (Å²) in [6.07, 6.45) is 1.38. The van der Waals surface area contributed by atoms with Crippen LogP contribution in [0.15, 0.2) is 24.3 Å². The average molecular weight is 255 g/mol. The van der Waals surface area contributed by atoms with E-state index in [9.17, 15) is 4.79 Å². The Bertz CT molecular complexity index is 368. The van der Waals surface area contributed by atoms with Crippen LogP contribution in [0.3, 0.4) is 0 Å². The number of carbonyl (C=O) groups is 1. The Morgan fingerprint density at radius 3 is 2.88 bits per heavy atom. The van der Waals surface area contributed by atoms with Gasteiger partial charge in [0.15, 0.2) is 0 Å². The maximum Gasteiger partial charge on any atom is 0.226 e. The van der Waals surface area contributed by atoms with Gasteiger partial charge in [-0.1, -0.05) is 23.7 Å². The minimum absolute atomic E-state index is 0.128. The molecule has 1 N–H and O–H groups in total. The molecule has 0 aromatic heterocycles. The van der Waals surface area contributed by atoms with Crippen molar-refractivity contribution in [2.24, 2.45) is 0 Å². The number of halogens is 1. The number of carbonyl (C=O) groups excluding carboxylic acids is 1. The number of amides is 1. The molecule has 0 atom stereocenters. The lowest BCUT2D eigenvalue weighted by atomic mass is 10.1. The number of benzene rings is 1. The fourth-order valence-electron chi connectivity index (χ4n) is 1.57. The summed E-state index contributed by atoms with van der Waals surface area (Å²) >= 11 is 5.88. The maximum atomic E-state index is 11.9. The fraction of sp³-hybridized carbons (Fsp3) is 0.462. The standard InChI is InChI=1S/C13H19ClN2O/c1-15-7-4-8-16(2)13(17)10-11-5-3-6-12(14)9-11/h3,5-6,9,15H,4,7-8,10H2,1-2H3. The van der Waals surface area contributed by atoms with Crippen LogP contribution in [0.25, 0.3) is 0 Å². The summed E-state index contributed by atoms with van der Waals surface area (Å²) < 4.78 is 0. The van der Waals surface area contributed by atoms with Gasteiger partial charge < -0.3 is 10.2 Å². The molecule has 0 bridgehead atoms. The van der Waals surface area contributed by atoms with Crippen molar-refractivity contribution >= 4 is 17.5 Å². The van der Waals surface area contributed by atoms with Crippen molar-refractivity contribution in [3.8, 4) is 0 Å². The number of nitrogens with one attached hydrogen (secondary N) is 1. The van der Waals surface area contributed by atoms with Crippen molar-refractivity contribution in [1.29, 1.82) is 0 Å². The molecule has 0 spiro atoms. The second-order valence-electron chi connectivity index (χ2n) is 4.08. The molecule has 1 aromatic rings. The summed E-state index contributed by atoms with van der Waals surface area (Å²) in [7, 11) is 3.75. The van der Waals surface area contributed by atoms with Gasteiger partial charge in [-0.15, -0.1) is 0 Å². The van der Waals surface area contributed by atoms with E-state index in [1.807, 2.05) is 38.4 Å². The van der Waals surface area contributed by atoms with Crippen LogP contribution in [-0.2, 0) is 11.2 Å². The third kappa shape index (κ3) is 5.20. The van der Waals surface area contributed by atoms with Crippen molar-refractivity contribution in [2.45, 2.75) is 12.8 Å². The van der Waals surface area contributed by atoms with Gasteiger partial charge in [0.1, 0.15) is 0 Å². The number of nitrogens with zero attached hydrogens (tertiary/aromatic N) is 1. The second kappa shape index (κ2) is 7.30. The zero-order valence-corrected chi connectivity index (χ0v) is 11.1. The largest absolute Gasteiger partial charge is 0.345 e. The van der Waals surface area contributed by atoms with Gasteiger partial charge in [-0.3, -0.25) is 4.79 Å². The van der Waals surface area contributed by atoms with Crippen molar-refractivity contribution in [3.63, 3.8) is 0 Å². The highest BCUT2D eigenvalue weighted by molar-refractivity contribution is 6.30.